The number of likely N-dealkylation sites (tertiary alicyclic amines) is 1. The van der Waals surface area contributed by atoms with Crippen molar-refractivity contribution in [2.45, 2.75) is 32.5 Å². The van der Waals surface area contributed by atoms with Gasteiger partial charge in [0.1, 0.15) is 19.0 Å². The van der Waals surface area contributed by atoms with Crippen LogP contribution < -0.4 is 14.8 Å². The first-order chi connectivity index (χ1) is 17.7. The number of benzene rings is 2. The smallest absolute Gasteiger partial charge is 0.242 e. The molecule has 0 atom stereocenters. The molecule has 0 aliphatic carbocycles. The maximum atomic E-state index is 6.11. The van der Waals surface area contributed by atoms with Crippen molar-refractivity contribution in [1.29, 1.82) is 0 Å². The van der Waals surface area contributed by atoms with Crippen LogP contribution in [-0.4, -0.2) is 59.5 Å². The van der Waals surface area contributed by atoms with E-state index in [4.69, 9.17) is 14.2 Å². The highest BCUT2D eigenvalue weighted by Gasteiger charge is 2.19. The lowest BCUT2D eigenvalue weighted by Gasteiger charge is -2.30. The minimum absolute atomic E-state index is 0.381. The fourth-order valence-electron chi connectivity index (χ4n) is 4.56. The van der Waals surface area contributed by atoms with Gasteiger partial charge in [-0.3, -0.25) is 15.0 Å². The minimum Gasteiger partial charge on any atom is -0.489 e. The number of fused-ring (bicyclic) bond motifs is 1. The summed E-state index contributed by atoms with van der Waals surface area (Å²) >= 11 is 0. The summed E-state index contributed by atoms with van der Waals surface area (Å²) in [6.07, 6.45) is 6.08. The van der Waals surface area contributed by atoms with Gasteiger partial charge in [-0.25, -0.2) is 0 Å². The zero-order valence-electron chi connectivity index (χ0n) is 20.9. The van der Waals surface area contributed by atoms with Crippen molar-refractivity contribution < 1.29 is 14.2 Å². The van der Waals surface area contributed by atoms with Gasteiger partial charge >= 0.3 is 0 Å². The average molecular weight is 488 g/mol. The second kappa shape index (κ2) is 11.4. The van der Waals surface area contributed by atoms with Crippen molar-refractivity contribution in [3.8, 4) is 11.6 Å². The van der Waals surface area contributed by atoms with E-state index in [-0.39, 0.29) is 0 Å². The summed E-state index contributed by atoms with van der Waals surface area (Å²) in [6, 6.07) is 16.2. The second-order valence-electron chi connectivity index (χ2n) is 9.14. The molecule has 188 valence electrons. The van der Waals surface area contributed by atoms with Gasteiger partial charge in [0.2, 0.25) is 5.88 Å². The fraction of sp³-hybridized carbons (Fsp3) is 0.357. The molecule has 1 aliphatic heterocycles. The molecule has 0 amide bonds. The number of rotatable bonds is 10. The molecule has 0 bridgehead atoms. The first kappa shape index (κ1) is 24.1. The lowest BCUT2D eigenvalue weighted by atomic mass is 10.1. The zero-order valence-corrected chi connectivity index (χ0v) is 20.9. The molecule has 1 aliphatic rings. The third-order valence-corrected chi connectivity index (χ3v) is 6.64. The summed E-state index contributed by atoms with van der Waals surface area (Å²) < 4.78 is 17.6. The summed E-state index contributed by atoms with van der Waals surface area (Å²) in [4.78, 5) is 6.77. The summed E-state index contributed by atoms with van der Waals surface area (Å²) in [5, 5.41) is 11.8. The number of hydrogen-bond acceptors (Lipinski definition) is 7. The molecule has 1 saturated heterocycles. The van der Waals surface area contributed by atoms with Gasteiger partial charge in [-0.15, -0.1) is 5.10 Å². The summed E-state index contributed by atoms with van der Waals surface area (Å²) in [6.45, 7) is 6.09. The number of aryl methyl sites for hydroxylation is 1. The molecule has 2 aromatic heterocycles. The molecule has 8 nitrogen and oxygen atoms in total. The lowest BCUT2D eigenvalue weighted by molar-refractivity contribution is 0.0374. The molecule has 0 saturated carbocycles. The molecule has 2 aromatic carbocycles. The number of H-pyrrole nitrogens is 1. The highest BCUT2D eigenvalue weighted by atomic mass is 16.5. The van der Waals surface area contributed by atoms with Crippen LogP contribution in [0.4, 0.5) is 11.4 Å². The Hall–Kier alpha value is -3.62. The van der Waals surface area contributed by atoms with Crippen LogP contribution in [0, 0.1) is 6.92 Å². The molecule has 3 heterocycles. The van der Waals surface area contributed by atoms with Gasteiger partial charge in [0, 0.05) is 32.4 Å². The molecular formula is C28H33N5O3. The predicted molar refractivity (Wildman–Crippen MR) is 141 cm³/mol. The normalized spacial score (nSPS) is 14.7. The van der Waals surface area contributed by atoms with E-state index in [0.717, 1.165) is 71.6 Å². The van der Waals surface area contributed by atoms with Crippen molar-refractivity contribution in [3.63, 3.8) is 0 Å². The molecule has 4 aromatic rings. The maximum absolute atomic E-state index is 6.11. The van der Waals surface area contributed by atoms with E-state index in [1.165, 1.54) is 0 Å². The van der Waals surface area contributed by atoms with Crippen LogP contribution in [0.1, 0.15) is 24.0 Å². The van der Waals surface area contributed by atoms with Crippen LogP contribution >= 0.6 is 0 Å². The van der Waals surface area contributed by atoms with E-state index >= 15 is 0 Å². The van der Waals surface area contributed by atoms with Gasteiger partial charge in [-0.2, -0.15) is 0 Å². The Morgan fingerprint density at radius 2 is 1.89 bits per heavy atom. The minimum atomic E-state index is 0.381. The number of aromatic amines is 1. The summed E-state index contributed by atoms with van der Waals surface area (Å²) in [5.41, 5.74) is 4.81. The first-order valence-corrected chi connectivity index (χ1v) is 12.4. The van der Waals surface area contributed by atoms with Crippen molar-refractivity contribution in [2.75, 3.05) is 38.7 Å². The third kappa shape index (κ3) is 5.78. The lowest BCUT2D eigenvalue weighted by Crippen LogP contribution is -2.38. The number of ether oxygens (including phenoxy) is 3. The quantitative estimate of drug-likeness (QED) is 0.323. The van der Waals surface area contributed by atoms with E-state index < -0.39 is 0 Å². The average Bonchev–Trinajstić information content (AvgIpc) is 3.33. The van der Waals surface area contributed by atoms with Gasteiger partial charge in [0.05, 0.1) is 35.1 Å². The number of nitrogens with one attached hydrogen (secondary N) is 2. The number of methoxy groups -OCH3 is 1. The Kier molecular flexibility index (Phi) is 7.64. The number of aromatic nitrogens is 3. The van der Waals surface area contributed by atoms with Crippen LogP contribution in [0.3, 0.4) is 0 Å². The maximum Gasteiger partial charge on any atom is 0.242 e. The summed E-state index contributed by atoms with van der Waals surface area (Å²) in [5.74, 6) is 1.45. The Labute approximate surface area is 211 Å². The van der Waals surface area contributed by atoms with Gasteiger partial charge in [-0.05, 0) is 49.1 Å². The van der Waals surface area contributed by atoms with Crippen molar-refractivity contribution in [1.82, 2.24) is 20.1 Å². The zero-order chi connectivity index (χ0) is 24.7. The number of nitrogens with zero attached hydrogens (tertiary/aromatic N) is 3. The Bertz CT molecular complexity index is 1270. The Balaban J connectivity index is 1.23. The van der Waals surface area contributed by atoms with Gasteiger partial charge in [-0.1, -0.05) is 30.3 Å². The highest BCUT2D eigenvalue weighted by molar-refractivity contribution is 5.96. The number of pyridine rings is 1. The van der Waals surface area contributed by atoms with Crippen LogP contribution in [0.2, 0.25) is 0 Å². The largest absolute Gasteiger partial charge is 0.489 e. The molecule has 0 spiro atoms. The summed E-state index contributed by atoms with van der Waals surface area (Å²) in [7, 11) is 1.79. The Morgan fingerprint density at radius 1 is 1.06 bits per heavy atom. The van der Waals surface area contributed by atoms with Crippen LogP contribution in [0.15, 0.2) is 60.9 Å². The second-order valence-corrected chi connectivity index (χ2v) is 9.14. The fourth-order valence-corrected chi connectivity index (χ4v) is 4.56. The molecule has 36 heavy (non-hydrogen) atoms. The van der Waals surface area contributed by atoms with Gasteiger partial charge in [0.15, 0.2) is 0 Å². The standard InChI is InChI=1S/C28H33N5O3/c1-20-16-22(8-9-26(20)36-19-21-6-4-3-5-7-21)30-24-17-29-18-25-27(24)28(32-31-25)35-15-14-33-12-10-23(34-2)11-13-33/h3-9,16-18,23,30H,10-15,19H2,1-2H3,(H,31,32). The highest BCUT2D eigenvalue weighted by Crippen LogP contribution is 2.33. The number of anilines is 2. The molecule has 1 fully saturated rings. The molecular weight excluding hydrogens is 454 g/mol. The Morgan fingerprint density at radius 3 is 2.67 bits per heavy atom. The van der Waals surface area contributed by atoms with Gasteiger partial charge < -0.3 is 19.5 Å². The predicted octanol–water partition coefficient (Wildman–Crippen LogP) is 5.08. The van der Waals surface area contributed by atoms with Crippen LogP contribution in [-0.2, 0) is 11.3 Å². The molecule has 2 N–H and O–H groups in total. The van der Waals surface area contributed by atoms with Crippen LogP contribution in [0.5, 0.6) is 11.6 Å². The number of piperidine rings is 1. The van der Waals surface area contributed by atoms with Crippen molar-refractivity contribution in [2.24, 2.45) is 0 Å². The molecule has 0 unspecified atom stereocenters. The number of hydrogen-bond donors (Lipinski definition) is 2. The molecule has 0 radical (unpaired) electrons. The van der Waals surface area contributed by atoms with E-state index in [1.54, 1.807) is 19.5 Å². The monoisotopic (exact) mass is 487 g/mol. The SMILES string of the molecule is COC1CCN(CCOc2n[nH]c3cncc(Nc4ccc(OCc5ccccc5)c(C)c4)c23)CC1. The topological polar surface area (TPSA) is 84.5 Å². The van der Waals surface area contributed by atoms with E-state index in [2.05, 4.69) is 43.6 Å². The van der Waals surface area contributed by atoms with E-state index in [1.807, 2.05) is 37.3 Å². The first-order valence-electron chi connectivity index (χ1n) is 12.4. The van der Waals surface area contributed by atoms with E-state index in [0.29, 0.717) is 25.2 Å². The molecule has 8 heteroatoms. The third-order valence-electron chi connectivity index (χ3n) is 6.64. The van der Waals surface area contributed by atoms with Crippen molar-refractivity contribution in [3.05, 3.63) is 72.1 Å². The molecule has 5 rings (SSSR count). The van der Waals surface area contributed by atoms with Gasteiger partial charge in [0.25, 0.3) is 0 Å². The van der Waals surface area contributed by atoms with Crippen molar-refractivity contribution >= 4 is 22.3 Å². The van der Waals surface area contributed by atoms with Crippen LogP contribution in [0.25, 0.3) is 10.9 Å². The van der Waals surface area contributed by atoms with E-state index in [9.17, 15) is 0 Å².